The van der Waals surface area contributed by atoms with E-state index in [2.05, 4.69) is 6.92 Å². The topological polar surface area (TPSA) is 46.5 Å². The van der Waals surface area contributed by atoms with E-state index in [9.17, 15) is 9.90 Å². The number of ketones is 1. The molecule has 2 aliphatic carbocycles. The van der Waals surface area contributed by atoms with Crippen molar-refractivity contribution in [3.8, 4) is 11.5 Å². The van der Waals surface area contributed by atoms with E-state index in [-0.39, 0.29) is 23.4 Å². The molecule has 1 N–H and O–H groups in total. The first-order valence-electron chi connectivity index (χ1n) is 9.52. The Morgan fingerprint density at radius 3 is 2.67 bits per heavy atom. The van der Waals surface area contributed by atoms with Gasteiger partial charge in [-0.2, -0.15) is 0 Å². The number of aliphatic hydroxyl groups is 1. The van der Waals surface area contributed by atoms with Crippen molar-refractivity contribution < 1.29 is 14.6 Å². The van der Waals surface area contributed by atoms with Crippen molar-refractivity contribution in [2.24, 2.45) is 11.8 Å². The predicted octanol–water partition coefficient (Wildman–Crippen LogP) is 6.27. The van der Waals surface area contributed by atoms with Crippen LogP contribution in [0.3, 0.4) is 0 Å². The van der Waals surface area contributed by atoms with Gasteiger partial charge in [0.2, 0.25) is 0 Å². The number of Topliss-reactive ketones (excluding diaryl/α,β-unsaturated/α-hetero) is 1. The van der Waals surface area contributed by atoms with E-state index >= 15 is 0 Å². The molecule has 0 saturated heterocycles. The average molecular weight is 383 g/mol. The first-order valence-corrected chi connectivity index (χ1v) is 9.90. The molecular formula is C23H23ClO3. The van der Waals surface area contributed by atoms with Gasteiger partial charge in [0.15, 0.2) is 5.78 Å². The number of benzene rings is 2. The van der Waals surface area contributed by atoms with Crippen LogP contribution in [0.15, 0.2) is 42.2 Å². The molecule has 2 aliphatic rings. The average Bonchev–Trinajstić information content (AvgIpc) is 3.10. The maximum atomic E-state index is 12.9. The zero-order chi connectivity index (χ0) is 19.1. The minimum absolute atomic E-state index is 0.0433. The van der Waals surface area contributed by atoms with Gasteiger partial charge in [-0.3, -0.25) is 4.79 Å². The molecule has 4 rings (SSSR count). The third kappa shape index (κ3) is 3.25. The molecule has 0 aromatic heterocycles. The molecule has 2 aromatic carbocycles. The van der Waals surface area contributed by atoms with Crippen LogP contribution in [-0.2, 0) is 11.2 Å². The van der Waals surface area contributed by atoms with Crippen molar-refractivity contribution in [3.05, 3.63) is 63.9 Å². The lowest BCUT2D eigenvalue weighted by Crippen LogP contribution is -2.21. The highest BCUT2D eigenvalue weighted by atomic mass is 35.5. The number of fused-ring (bicyclic) bond motifs is 2. The minimum Gasteiger partial charge on any atom is -0.511 e. The Morgan fingerprint density at radius 2 is 1.93 bits per heavy atom. The van der Waals surface area contributed by atoms with Crippen molar-refractivity contribution in [1.82, 2.24) is 0 Å². The molecule has 2 bridgehead atoms. The predicted molar refractivity (Wildman–Crippen MR) is 107 cm³/mol. The summed E-state index contributed by atoms with van der Waals surface area (Å²) in [6, 6.07) is 11.4. The lowest BCUT2D eigenvalue weighted by molar-refractivity contribution is -0.117. The SMILES string of the molecule is CCc1ccc(Oc2ccc(C)cc2Cl)cc1C1=C(O)[C@H]2CC[C@H](C2)C1=O. The van der Waals surface area contributed by atoms with Gasteiger partial charge in [-0.05, 0) is 73.6 Å². The second-order valence-corrected chi connectivity index (χ2v) is 7.95. The second-order valence-electron chi connectivity index (χ2n) is 7.54. The summed E-state index contributed by atoms with van der Waals surface area (Å²) in [5.74, 6) is 1.67. The highest BCUT2D eigenvalue weighted by Crippen LogP contribution is 2.46. The van der Waals surface area contributed by atoms with Gasteiger partial charge in [0, 0.05) is 11.8 Å². The normalized spacial score (nSPS) is 21.7. The molecule has 3 nitrogen and oxygen atoms in total. The van der Waals surface area contributed by atoms with Crippen LogP contribution in [0, 0.1) is 18.8 Å². The molecule has 2 atom stereocenters. The van der Waals surface area contributed by atoms with Crippen LogP contribution < -0.4 is 4.74 Å². The van der Waals surface area contributed by atoms with Gasteiger partial charge in [-0.25, -0.2) is 0 Å². The van der Waals surface area contributed by atoms with Crippen molar-refractivity contribution in [1.29, 1.82) is 0 Å². The molecule has 0 unspecified atom stereocenters. The molecule has 2 aromatic rings. The van der Waals surface area contributed by atoms with Crippen molar-refractivity contribution in [2.45, 2.75) is 39.5 Å². The zero-order valence-electron chi connectivity index (χ0n) is 15.6. The van der Waals surface area contributed by atoms with Crippen LogP contribution in [0.25, 0.3) is 5.57 Å². The first-order chi connectivity index (χ1) is 13.0. The lowest BCUT2D eigenvalue weighted by atomic mass is 9.81. The van der Waals surface area contributed by atoms with Crippen LogP contribution in [0.4, 0.5) is 0 Å². The molecule has 0 radical (unpaired) electrons. The molecule has 27 heavy (non-hydrogen) atoms. The van der Waals surface area contributed by atoms with E-state index in [1.54, 1.807) is 0 Å². The minimum atomic E-state index is 0.0433. The van der Waals surface area contributed by atoms with Crippen molar-refractivity contribution in [3.63, 3.8) is 0 Å². The molecular weight excluding hydrogens is 360 g/mol. The number of hydrogen-bond acceptors (Lipinski definition) is 3. The fourth-order valence-electron chi connectivity index (χ4n) is 4.25. The molecule has 0 spiro atoms. The van der Waals surface area contributed by atoms with Crippen molar-refractivity contribution >= 4 is 23.0 Å². The van der Waals surface area contributed by atoms with E-state index in [0.29, 0.717) is 22.1 Å². The van der Waals surface area contributed by atoms with Crippen molar-refractivity contribution in [2.75, 3.05) is 0 Å². The molecule has 140 valence electrons. The highest BCUT2D eigenvalue weighted by Gasteiger charge is 2.41. The van der Waals surface area contributed by atoms with Crippen LogP contribution in [0.1, 0.15) is 42.9 Å². The molecule has 0 heterocycles. The third-order valence-corrected chi connectivity index (χ3v) is 6.03. The number of aliphatic hydroxyl groups excluding tert-OH is 1. The monoisotopic (exact) mass is 382 g/mol. The number of carbonyl (C=O) groups is 1. The second kappa shape index (κ2) is 7.05. The summed E-state index contributed by atoms with van der Waals surface area (Å²) in [6.45, 7) is 4.03. The number of halogens is 1. The van der Waals surface area contributed by atoms with Gasteiger partial charge in [0.05, 0.1) is 10.6 Å². The summed E-state index contributed by atoms with van der Waals surface area (Å²) < 4.78 is 5.99. The van der Waals surface area contributed by atoms with E-state index in [4.69, 9.17) is 16.3 Å². The molecule has 1 saturated carbocycles. The van der Waals surface area contributed by atoms with Gasteiger partial charge in [-0.1, -0.05) is 30.7 Å². The van der Waals surface area contributed by atoms with Crippen LogP contribution >= 0.6 is 11.6 Å². The van der Waals surface area contributed by atoms with Gasteiger partial charge in [0.25, 0.3) is 0 Å². The van der Waals surface area contributed by atoms with Crippen LogP contribution in [-0.4, -0.2) is 10.9 Å². The Labute approximate surface area is 164 Å². The highest BCUT2D eigenvalue weighted by molar-refractivity contribution is 6.32. The number of carbonyl (C=O) groups excluding carboxylic acids is 1. The van der Waals surface area contributed by atoms with E-state index in [1.165, 1.54) is 0 Å². The summed E-state index contributed by atoms with van der Waals surface area (Å²) in [6.07, 6.45) is 3.32. The third-order valence-electron chi connectivity index (χ3n) is 5.74. The van der Waals surface area contributed by atoms with E-state index < -0.39 is 0 Å². The maximum Gasteiger partial charge on any atom is 0.169 e. The summed E-state index contributed by atoms with van der Waals surface area (Å²) in [5.41, 5.74) is 3.38. The molecule has 4 heteroatoms. The summed E-state index contributed by atoms with van der Waals surface area (Å²) in [4.78, 5) is 12.9. The summed E-state index contributed by atoms with van der Waals surface area (Å²) in [5, 5.41) is 11.3. The summed E-state index contributed by atoms with van der Waals surface area (Å²) in [7, 11) is 0. The maximum absolute atomic E-state index is 12.9. The number of allylic oxidation sites excluding steroid dienone is 2. The molecule has 0 aliphatic heterocycles. The van der Waals surface area contributed by atoms with Gasteiger partial charge in [0.1, 0.15) is 17.3 Å². The Kier molecular flexibility index (Phi) is 4.73. The number of rotatable bonds is 4. The lowest BCUT2D eigenvalue weighted by Gasteiger charge is -2.23. The quantitative estimate of drug-likeness (QED) is 0.677. The summed E-state index contributed by atoms with van der Waals surface area (Å²) >= 11 is 6.29. The number of hydrogen-bond donors (Lipinski definition) is 1. The van der Waals surface area contributed by atoms with Gasteiger partial charge < -0.3 is 9.84 Å². The molecule has 1 fully saturated rings. The van der Waals surface area contributed by atoms with Gasteiger partial charge in [-0.15, -0.1) is 0 Å². The van der Waals surface area contributed by atoms with E-state index in [0.717, 1.165) is 42.4 Å². The fourth-order valence-corrected chi connectivity index (χ4v) is 4.52. The Morgan fingerprint density at radius 1 is 1.15 bits per heavy atom. The Bertz CT molecular complexity index is 945. The Balaban J connectivity index is 1.76. The number of aryl methyl sites for hydroxylation is 2. The van der Waals surface area contributed by atoms with E-state index in [1.807, 2.05) is 43.3 Å². The smallest absolute Gasteiger partial charge is 0.169 e. The zero-order valence-corrected chi connectivity index (χ0v) is 16.3. The first kappa shape index (κ1) is 18.1. The van der Waals surface area contributed by atoms with Crippen LogP contribution in [0.5, 0.6) is 11.5 Å². The number of ether oxygens (including phenoxy) is 1. The standard InChI is InChI=1S/C23H23ClO3/c1-3-14-7-8-17(27-20-9-4-13(2)10-19(20)24)12-18(14)21-22(25)15-5-6-16(11-15)23(21)26/h4,7-10,12,15-16,25H,3,5-6,11H2,1-2H3/t15-,16+/m0/s1. The fraction of sp³-hybridized carbons (Fsp3) is 0.348. The van der Waals surface area contributed by atoms with Crippen LogP contribution in [0.2, 0.25) is 5.02 Å². The largest absolute Gasteiger partial charge is 0.511 e. The van der Waals surface area contributed by atoms with Gasteiger partial charge >= 0.3 is 0 Å². The Hall–Kier alpha value is -2.26. The molecule has 0 amide bonds.